The highest BCUT2D eigenvalue weighted by Gasteiger charge is 2.47. The van der Waals surface area contributed by atoms with E-state index in [2.05, 4.69) is 10.3 Å². The maximum absolute atomic E-state index is 13.3. The van der Waals surface area contributed by atoms with Crippen molar-refractivity contribution in [1.29, 1.82) is 5.41 Å². The van der Waals surface area contributed by atoms with Crippen molar-refractivity contribution in [2.24, 2.45) is 5.41 Å². The van der Waals surface area contributed by atoms with Crippen molar-refractivity contribution in [2.75, 3.05) is 36.1 Å². The van der Waals surface area contributed by atoms with Gasteiger partial charge in [0.1, 0.15) is 11.6 Å². The highest BCUT2D eigenvalue weighted by Crippen LogP contribution is 2.38. The molecule has 6 N–H and O–H groups in total. The van der Waals surface area contributed by atoms with Crippen molar-refractivity contribution in [3.8, 4) is 11.1 Å². The molecule has 2 aromatic carbocycles. The van der Waals surface area contributed by atoms with Gasteiger partial charge in [-0.15, -0.1) is 0 Å². The second kappa shape index (κ2) is 8.60. The van der Waals surface area contributed by atoms with E-state index in [-0.39, 0.29) is 11.7 Å². The van der Waals surface area contributed by atoms with Gasteiger partial charge in [0.05, 0.1) is 5.69 Å². The summed E-state index contributed by atoms with van der Waals surface area (Å²) in [6.45, 7) is 6.29. The van der Waals surface area contributed by atoms with E-state index in [9.17, 15) is 8.60 Å². The van der Waals surface area contributed by atoms with E-state index in [4.69, 9.17) is 16.9 Å². The standard InChI is InChI=1S/C19H19FN4.C5H9NOS/c1-10(2)18-17(11-3-5-13(20)6-4-11)14-7-12(9-21)16(22)8-15(14)19(23)24-18;7-8-3-5(4-8)1-6-2-5/h3-10,21H,22H2,1-2H3,(H2,23,24);6H,1-4H2. The average Bonchev–Trinajstić information content (AvgIpc) is 2.71. The Morgan fingerprint density at radius 1 is 1.16 bits per heavy atom. The van der Waals surface area contributed by atoms with Gasteiger partial charge >= 0.3 is 0 Å². The smallest absolute Gasteiger partial charge is 0.131 e. The summed E-state index contributed by atoms with van der Waals surface area (Å²) < 4.78 is 23.9. The van der Waals surface area contributed by atoms with Gasteiger partial charge in [-0.2, -0.15) is 0 Å². The van der Waals surface area contributed by atoms with Crippen LogP contribution in [0.5, 0.6) is 0 Å². The van der Waals surface area contributed by atoms with Gasteiger partial charge in [0.15, 0.2) is 0 Å². The van der Waals surface area contributed by atoms with Crippen LogP contribution in [-0.2, 0) is 10.8 Å². The van der Waals surface area contributed by atoms with E-state index in [1.54, 1.807) is 18.2 Å². The first-order chi connectivity index (χ1) is 15.2. The van der Waals surface area contributed by atoms with Gasteiger partial charge in [-0.25, -0.2) is 9.37 Å². The number of pyridine rings is 1. The average molecular weight is 454 g/mol. The van der Waals surface area contributed by atoms with Gasteiger partial charge in [-0.05, 0) is 41.1 Å². The van der Waals surface area contributed by atoms with E-state index in [0.717, 1.165) is 52.2 Å². The Kier molecular flexibility index (Phi) is 6.01. The van der Waals surface area contributed by atoms with Crippen LogP contribution >= 0.6 is 0 Å². The first kappa shape index (κ1) is 22.4. The molecular formula is C24H28FN5OS. The summed E-state index contributed by atoms with van der Waals surface area (Å²) in [6, 6.07) is 9.91. The largest absolute Gasteiger partial charge is 0.398 e. The van der Waals surface area contributed by atoms with Crippen molar-refractivity contribution >= 4 is 39.3 Å². The fraction of sp³-hybridized carbons (Fsp3) is 0.333. The SMILES string of the molecule is CC(C)c1nc(N)c2cc(N)c(C=N)cc2c1-c1ccc(F)cc1.O=S1CC2(CNC2)C1. The quantitative estimate of drug-likeness (QED) is 0.357. The number of nitrogens with zero attached hydrogens (tertiary/aromatic N) is 1. The fourth-order valence-corrected chi connectivity index (χ4v) is 5.91. The van der Waals surface area contributed by atoms with Crippen molar-refractivity contribution in [3.63, 3.8) is 0 Å². The van der Waals surface area contributed by atoms with Crippen LogP contribution in [0.1, 0.15) is 31.0 Å². The molecule has 8 heteroatoms. The maximum atomic E-state index is 13.3. The number of rotatable bonds is 3. The molecule has 3 heterocycles. The van der Waals surface area contributed by atoms with E-state index in [1.165, 1.54) is 18.3 Å². The fourth-order valence-electron chi connectivity index (χ4n) is 4.22. The first-order valence-electron chi connectivity index (χ1n) is 10.6. The number of hydrogen-bond donors (Lipinski definition) is 4. The Bertz CT molecular complexity index is 1200. The van der Waals surface area contributed by atoms with Gasteiger partial charge in [0, 0.05) is 69.2 Å². The second-order valence-electron chi connectivity index (χ2n) is 8.92. The molecule has 2 aliphatic rings. The van der Waals surface area contributed by atoms with Crippen LogP contribution in [-0.4, -0.2) is 40.0 Å². The summed E-state index contributed by atoms with van der Waals surface area (Å²) in [7, 11) is -0.450. The van der Waals surface area contributed by atoms with Gasteiger partial charge in [-0.3, -0.25) is 4.21 Å². The number of halogens is 1. The van der Waals surface area contributed by atoms with Crippen molar-refractivity contribution in [3.05, 3.63) is 53.5 Å². The lowest BCUT2D eigenvalue weighted by molar-refractivity contribution is 0.216. The zero-order chi connectivity index (χ0) is 23.0. The molecule has 0 saturated carbocycles. The molecular weight excluding hydrogens is 425 g/mol. The second-order valence-corrected chi connectivity index (χ2v) is 10.4. The minimum absolute atomic E-state index is 0.137. The summed E-state index contributed by atoms with van der Waals surface area (Å²) in [5, 5.41) is 12.3. The van der Waals surface area contributed by atoms with E-state index in [1.807, 2.05) is 19.9 Å². The number of anilines is 2. The summed E-state index contributed by atoms with van der Waals surface area (Å²) in [4.78, 5) is 4.57. The molecule has 5 rings (SSSR count). The molecule has 0 amide bonds. The number of nitrogens with one attached hydrogen (secondary N) is 2. The van der Waals surface area contributed by atoms with Crippen LogP contribution < -0.4 is 16.8 Å². The van der Waals surface area contributed by atoms with Gasteiger partial charge < -0.3 is 22.2 Å². The predicted molar refractivity (Wildman–Crippen MR) is 131 cm³/mol. The monoisotopic (exact) mass is 453 g/mol. The first-order valence-corrected chi connectivity index (χ1v) is 12.1. The Labute approximate surface area is 189 Å². The Morgan fingerprint density at radius 3 is 2.28 bits per heavy atom. The number of aromatic nitrogens is 1. The summed E-state index contributed by atoms with van der Waals surface area (Å²) in [5.74, 6) is 2.17. The minimum Gasteiger partial charge on any atom is -0.398 e. The molecule has 2 aliphatic heterocycles. The molecule has 0 bridgehead atoms. The zero-order valence-corrected chi connectivity index (χ0v) is 19.1. The van der Waals surface area contributed by atoms with E-state index < -0.39 is 10.8 Å². The Balaban J connectivity index is 0.000000254. The summed E-state index contributed by atoms with van der Waals surface area (Å²) >= 11 is 0. The molecule has 2 saturated heterocycles. The third-order valence-corrected chi connectivity index (χ3v) is 7.90. The van der Waals surface area contributed by atoms with Gasteiger partial charge in [-0.1, -0.05) is 26.0 Å². The predicted octanol–water partition coefficient (Wildman–Crippen LogP) is 3.66. The third kappa shape index (κ3) is 4.12. The Hall–Kier alpha value is -2.84. The molecule has 6 nitrogen and oxygen atoms in total. The topological polar surface area (TPSA) is 118 Å². The van der Waals surface area contributed by atoms with Crippen LogP contribution in [0.4, 0.5) is 15.9 Å². The lowest BCUT2D eigenvalue weighted by atomic mass is 9.85. The molecule has 0 unspecified atom stereocenters. The number of nitrogen functional groups attached to an aromatic ring is 2. The van der Waals surface area contributed by atoms with Crippen LogP contribution in [0.3, 0.4) is 0 Å². The number of hydrogen-bond acceptors (Lipinski definition) is 6. The maximum Gasteiger partial charge on any atom is 0.131 e. The Morgan fingerprint density at radius 2 is 1.81 bits per heavy atom. The molecule has 1 aromatic heterocycles. The van der Waals surface area contributed by atoms with Crippen LogP contribution in [0.25, 0.3) is 21.9 Å². The molecule has 0 radical (unpaired) electrons. The molecule has 3 aromatic rings. The van der Waals surface area contributed by atoms with E-state index >= 15 is 0 Å². The van der Waals surface area contributed by atoms with Crippen LogP contribution in [0.15, 0.2) is 36.4 Å². The molecule has 0 aliphatic carbocycles. The van der Waals surface area contributed by atoms with Crippen molar-refractivity contribution in [1.82, 2.24) is 10.3 Å². The summed E-state index contributed by atoms with van der Waals surface area (Å²) in [6.07, 6.45) is 1.22. The highest BCUT2D eigenvalue weighted by molar-refractivity contribution is 7.86. The normalized spacial score (nSPS) is 16.9. The van der Waals surface area contributed by atoms with Crippen molar-refractivity contribution < 1.29 is 8.60 Å². The molecule has 168 valence electrons. The number of benzene rings is 2. The third-order valence-electron chi connectivity index (χ3n) is 6.04. The molecule has 2 fully saturated rings. The van der Waals surface area contributed by atoms with Gasteiger partial charge in [0.25, 0.3) is 0 Å². The van der Waals surface area contributed by atoms with Crippen LogP contribution in [0, 0.1) is 16.6 Å². The molecule has 1 spiro atoms. The zero-order valence-electron chi connectivity index (χ0n) is 18.2. The lowest BCUT2D eigenvalue weighted by Crippen LogP contribution is -2.65. The molecule has 32 heavy (non-hydrogen) atoms. The number of nitrogens with two attached hydrogens (primary N) is 2. The van der Waals surface area contributed by atoms with Gasteiger partial charge in [0.2, 0.25) is 0 Å². The van der Waals surface area contributed by atoms with Crippen molar-refractivity contribution in [2.45, 2.75) is 19.8 Å². The minimum atomic E-state index is -0.450. The van der Waals surface area contributed by atoms with Crippen LogP contribution in [0.2, 0.25) is 0 Å². The van der Waals surface area contributed by atoms with E-state index in [0.29, 0.717) is 22.5 Å². The number of fused-ring (bicyclic) bond motifs is 1. The lowest BCUT2D eigenvalue weighted by Gasteiger charge is -2.48. The summed E-state index contributed by atoms with van der Waals surface area (Å²) in [5.41, 5.74) is 16.3. The highest BCUT2D eigenvalue weighted by atomic mass is 32.2. The molecule has 0 atom stereocenters.